The summed E-state index contributed by atoms with van der Waals surface area (Å²) in [5, 5.41) is 0. The Morgan fingerprint density at radius 3 is 2.88 bits per heavy atom. The predicted molar refractivity (Wildman–Crippen MR) is 99.5 cm³/mol. The van der Waals surface area contributed by atoms with Crippen molar-refractivity contribution < 1.29 is 4.74 Å². The Bertz CT molecular complexity index is 691. The molecule has 2 fully saturated rings. The van der Waals surface area contributed by atoms with E-state index in [1.165, 1.54) is 38.0 Å². The van der Waals surface area contributed by atoms with E-state index in [0.717, 1.165) is 24.0 Å². The fourth-order valence-corrected chi connectivity index (χ4v) is 4.10. The van der Waals surface area contributed by atoms with Crippen LogP contribution in [-0.4, -0.2) is 46.5 Å². The summed E-state index contributed by atoms with van der Waals surface area (Å²) >= 11 is 0. The van der Waals surface area contributed by atoms with Gasteiger partial charge in [-0.2, -0.15) is 0 Å². The van der Waals surface area contributed by atoms with Gasteiger partial charge in [-0.3, -0.25) is 14.8 Å². The van der Waals surface area contributed by atoms with Crippen LogP contribution in [-0.2, 0) is 13.2 Å². The summed E-state index contributed by atoms with van der Waals surface area (Å²) in [5.74, 6) is 0.981. The van der Waals surface area contributed by atoms with E-state index in [1.54, 1.807) is 0 Å². The smallest absolute Gasteiger partial charge is 0.130 e. The molecule has 2 aliphatic rings. The number of nitrogens with zero attached hydrogens (tertiary/aromatic N) is 3. The van der Waals surface area contributed by atoms with E-state index in [2.05, 4.69) is 46.0 Å². The highest BCUT2D eigenvalue weighted by molar-refractivity contribution is 5.33. The van der Waals surface area contributed by atoms with E-state index in [9.17, 15) is 0 Å². The van der Waals surface area contributed by atoms with Gasteiger partial charge in [0.05, 0.1) is 5.69 Å². The van der Waals surface area contributed by atoms with Crippen molar-refractivity contribution in [3.8, 4) is 5.75 Å². The lowest BCUT2D eigenvalue weighted by Gasteiger charge is -2.42. The first-order valence-corrected chi connectivity index (χ1v) is 9.38. The molecule has 3 heterocycles. The molecule has 4 rings (SSSR count). The van der Waals surface area contributed by atoms with Crippen molar-refractivity contribution >= 4 is 0 Å². The van der Waals surface area contributed by atoms with Crippen LogP contribution in [0, 0.1) is 0 Å². The van der Waals surface area contributed by atoms with Gasteiger partial charge < -0.3 is 4.74 Å². The minimum atomic E-state index is 0.518. The third-order valence-electron chi connectivity index (χ3n) is 5.51. The van der Waals surface area contributed by atoms with Gasteiger partial charge in [0, 0.05) is 43.5 Å². The van der Waals surface area contributed by atoms with Gasteiger partial charge in [-0.1, -0.05) is 24.3 Å². The SMILES string of the molecule is C[C@H]1CN2CCC[C@@H]2CN1Cc1ccccc1OCc1ccccn1. The molecule has 4 heteroatoms. The van der Waals surface area contributed by atoms with Crippen LogP contribution in [0.25, 0.3) is 0 Å². The molecular weight excluding hydrogens is 310 g/mol. The molecule has 25 heavy (non-hydrogen) atoms. The Balaban J connectivity index is 1.43. The summed E-state index contributed by atoms with van der Waals surface area (Å²) in [6, 6.07) is 15.7. The van der Waals surface area contributed by atoms with Crippen molar-refractivity contribution in [1.82, 2.24) is 14.8 Å². The average Bonchev–Trinajstić information content (AvgIpc) is 3.09. The zero-order chi connectivity index (χ0) is 17.1. The summed E-state index contributed by atoms with van der Waals surface area (Å²) < 4.78 is 6.09. The summed E-state index contributed by atoms with van der Waals surface area (Å²) in [4.78, 5) is 9.64. The minimum absolute atomic E-state index is 0.518. The molecule has 0 unspecified atom stereocenters. The number of fused-ring (bicyclic) bond motifs is 1. The molecular formula is C21H27N3O. The molecule has 132 valence electrons. The van der Waals surface area contributed by atoms with E-state index >= 15 is 0 Å². The lowest BCUT2D eigenvalue weighted by atomic mass is 10.1. The van der Waals surface area contributed by atoms with Crippen LogP contribution >= 0.6 is 0 Å². The first kappa shape index (κ1) is 16.6. The number of benzene rings is 1. The van der Waals surface area contributed by atoms with Crippen LogP contribution in [0.3, 0.4) is 0 Å². The maximum absolute atomic E-state index is 6.09. The van der Waals surface area contributed by atoms with Crippen LogP contribution in [0.1, 0.15) is 31.0 Å². The molecule has 0 N–H and O–H groups in total. The second-order valence-corrected chi connectivity index (χ2v) is 7.29. The topological polar surface area (TPSA) is 28.6 Å². The molecule has 1 aromatic carbocycles. The molecule has 2 atom stereocenters. The van der Waals surface area contributed by atoms with Crippen molar-refractivity contribution in [1.29, 1.82) is 0 Å². The van der Waals surface area contributed by atoms with E-state index in [1.807, 2.05) is 24.4 Å². The summed E-state index contributed by atoms with van der Waals surface area (Å²) in [5.41, 5.74) is 2.24. The third-order valence-corrected chi connectivity index (χ3v) is 5.51. The van der Waals surface area contributed by atoms with Crippen molar-refractivity contribution in [2.45, 2.75) is 45.0 Å². The lowest BCUT2D eigenvalue weighted by molar-refractivity contribution is 0.0533. The van der Waals surface area contributed by atoms with Crippen molar-refractivity contribution in [3.05, 3.63) is 59.9 Å². The number of rotatable bonds is 5. The Morgan fingerprint density at radius 2 is 2.00 bits per heavy atom. The Morgan fingerprint density at radius 1 is 1.12 bits per heavy atom. The highest BCUT2D eigenvalue weighted by Crippen LogP contribution is 2.28. The molecule has 2 aliphatic heterocycles. The highest BCUT2D eigenvalue weighted by Gasteiger charge is 2.34. The molecule has 0 radical (unpaired) electrons. The molecule has 2 saturated heterocycles. The molecule has 0 aliphatic carbocycles. The zero-order valence-corrected chi connectivity index (χ0v) is 15.0. The second kappa shape index (κ2) is 7.54. The average molecular weight is 337 g/mol. The number of aromatic nitrogens is 1. The van der Waals surface area contributed by atoms with Gasteiger partial charge in [-0.15, -0.1) is 0 Å². The number of hydrogen-bond acceptors (Lipinski definition) is 4. The second-order valence-electron chi connectivity index (χ2n) is 7.29. The Hall–Kier alpha value is -1.91. The molecule has 0 spiro atoms. The number of ether oxygens (including phenoxy) is 1. The first-order valence-electron chi connectivity index (χ1n) is 9.38. The van der Waals surface area contributed by atoms with E-state index < -0.39 is 0 Å². The molecule has 4 nitrogen and oxygen atoms in total. The standard InChI is InChI=1S/C21H27N3O/c1-17-13-23-12-6-9-20(23)15-24(17)14-18-7-2-3-10-21(18)25-16-19-8-4-5-11-22-19/h2-5,7-8,10-11,17,20H,6,9,12-16H2,1H3/t17-,20+/m0/s1. The molecule has 0 amide bonds. The Labute approximate surface area is 150 Å². The highest BCUT2D eigenvalue weighted by atomic mass is 16.5. The first-order chi connectivity index (χ1) is 12.3. The van der Waals surface area contributed by atoms with Crippen molar-refractivity contribution in [2.24, 2.45) is 0 Å². The fraction of sp³-hybridized carbons (Fsp3) is 0.476. The molecule has 2 aromatic rings. The van der Waals surface area contributed by atoms with Crippen LogP contribution in [0.2, 0.25) is 0 Å². The normalized spacial score (nSPS) is 24.2. The largest absolute Gasteiger partial charge is 0.487 e. The molecule has 0 saturated carbocycles. The summed E-state index contributed by atoms with van der Waals surface area (Å²) in [6.07, 6.45) is 4.52. The van der Waals surface area contributed by atoms with Gasteiger partial charge >= 0.3 is 0 Å². The maximum atomic E-state index is 6.09. The Kier molecular flexibility index (Phi) is 4.99. The predicted octanol–water partition coefficient (Wildman–Crippen LogP) is 3.33. The number of piperazine rings is 1. The van der Waals surface area contributed by atoms with Gasteiger partial charge in [0.2, 0.25) is 0 Å². The number of hydrogen-bond donors (Lipinski definition) is 0. The quantitative estimate of drug-likeness (QED) is 0.837. The fourth-order valence-electron chi connectivity index (χ4n) is 4.10. The van der Waals surface area contributed by atoms with E-state index in [0.29, 0.717) is 12.6 Å². The van der Waals surface area contributed by atoms with Crippen molar-refractivity contribution in [2.75, 3.05) is 19.6 Å². The van der Waals surface area contributed by atoms with Crippen LogP contribution < -0.4 is 4.74 Å². The van der Waals surface area contributed by atoms with Gasteiger partial charge in [0.1, 0.15) is 12.4 Å². The van der Waals surface area contributed by atoms with Crippen LogP contribution in [0.4, 0.5) is 0 Å². The number of pyridine rings is 1. The van der Waals surface area contributed by atoms with Gasteiger partial charge in [0.25, 0.3) is 0 Å². The van der Waals surface area contributed by atoms with Crippen LogP contribution in [0.5, 0.6) is 5.75 Å². The molecule has 0 bridgehead atoms. The van der Waals surface area contributed by atoms with Crippen molar-refractivity contribution in [3.63, 3.8) is 0 Å². The zero-order valence-electron chi connectivity index (χ0n) is 15.0. The maximum Gasteiger partial charge on any atom is 0.130 e. The van der Waals surface area contributed by atoms with Gasteiger partial charge in [-0.25, -0.2) is 0 Å². The lowest BCUT2D eigenvalue weighted by Crippen LogP contribution is -2.54. The third kappa shape index (κ3) is 3.86. The monoisotopic (exact) mass is 337 g/mol. The van der Waals surface area contributed by atoms with E-state index in [-0.39, 0.29) is 0 Å². The summed E-state index contributed by atoms with van der Waals surface area (Å²) in [6.45, 7) is 7.49. The van der Waals surface area contributed by atoms with E-state index in [4.69, 9.17) is 4.74 Å². The van der Waals surface area contributed by atoms with Gasteiger partial charge in [-0.05, 0) is 44.5 Å². The van der Waals surface area contributed by atoms with Gasteiger partial charge in [0.15, 0.2) is 0 Å². The number of para-hydroxylation sites is 1. The minimum Gasteiger partial charge on any atom is -0.487 e. The molecule has 1 aromatic heterocycles. The summed E-state index contributed by atoms with van der Waals surface area (Å²) in [7, 11) is 0. The van der Waals surface area contributed by atoms with Crippen LogP contribution in [0.15, 0.2) is 48.7 Å².